The molecule has 0 aromatic heterocycles. The minimum absolute atomic E-state index is 0.0636. The molecule has 0 saturated carbocycles. The molecule has 3 saturated heterocycles. The molecule has 0 aromatic rings. The van der Waals surface area contributed by atoms with Gasteiger partial charge in [-0.25, -0.2) is 4.79 Å². The molecule has 0 aliphatic carbocycles. The molecule has 2 unspecified atom stereocenters. The van der Waals surface area contributed by atoms with Gasteiger partial charge in [0.25, 0.3) is 0 Å². The Morgan fingerprint density at radius 1 is 0.955 bits per heavy atom. The maximum Gasteiger partial charge on any atom is 0.395 e. The molecule has 3 heterocycles. The van der Waals surface area contributed by atoms with Gasteiger partial charge in [0.2, 0.25) is 0 Å². The van der Waals surface area contributed by atoms with Gasteiger partial charge in [0.15, 0.2) is 0 Å². The second-order valence-corrected chi connectivity index (χ2v) is 7.79. The fraction of sp³-hybridized carbons (Fsp3) is 0.933. The summed E-state index contributed by atoms with van der Waals surface area (Å²) in [6.07, 6.45) is -2.26. The van der Waals surface area contributed by atoms with Gasteiger partial charge in [0, 0.05) is 43.8 Å². The molecular formula is C15H24F3N3O. The lowest BCUT2D eigenvalue weighted by atomic mass is 9.99. The van der Waals surface area contributed by atoms with E-state index in [1.807, 2.05) is 4.90 Å². The highest BCUT2D eigenvalue weighted by atomic mass is 19.4. The number of amides is 2. The molecule has 2 amide bonds. The van der Waals surface area contributed by atoms with Crippen molar-refractivity contribution in [2.45, 2.75) is 57.4 Å². The first-order valence-electron chi connectivity index (χ1n) is 7.96. The summed E-state index contributed by atoms with van der Waals surface area (Å²) in [4.78, 5) is 18.1. The van der Waals surface area contributed by atoms with Crippen LogP contribution in [0.2, 0.25) is 0 Å². The van der Waals surface area contributed by atoms with Crippen LogP contribution in [0, 0.1) is 5.92 Å². The lowest BCUT2D eigenvalue weighted by Crippen LogP contribution is -2.65. The fourth-order valence-corrected chi connectivity index (χ4v) is 3.77. The average molecular weight is 319 g/mol. The van der Waals surface area contributed by atoms with Crippen molar-refractivity contribution in [2.75, 3.05) is 26.2 Å². The number of halogens is 3. The second kappa shape index (κ2) is 5.01. The van der Waals surface area contributed by atoms with E-state index in [9.17, 15) is 18.0 Å². The van der Waals surface area contributed by atoms with Crippen molar-refractivity contribution in [1.82, 2.24) is 14.7 Å². The van der Waals surface area contributed by atoms with E-state index in [1.54, 1.807) is 0 Å². The van der Waals surface area contributed by atoms with Crippen LogP contribution in [0.5, 0.6) is 0 Å². The van der Waals surface area contributed by atoms with Crippen molar-refractivity contribution in [3.05, 3.63) is 0 Å². The first kappa shape index (κ1) is 15.9. The number of rotatable bonds is 0. The molecule has 3 rings (SSSR count). The molecule has 0 aromatic carbocycles. The van der Waals surface area contributed by atoms with Crippen LogP contribution >= 0.6 is 0 Å². The summed E-state index contributed by atoms with van der Waals surface area (Å²) in [5, 5.41) is 0. The van der Waals surface area contributed by atoms with Crippen molar-refractivity contribution >= 4 is 6.03 Å². The Morgan fingerprint density at radius 2 is 1.45 bits per heavy atom. The first-order valence-corrected chi connectivity index (χ1v) is 7.96. The Labute approximate surface area is 129 Å². The molecule has 0 spiro atoms. The molecule has 0 N–H and O–H groups in total. The van der Waals surface area contributed by atoms with Gasteiger partial charge in [-0.3, -0.25) is 4.90 Å². The summed E-state index contributed by atoms with van der Waals surface area (Å²) in [6.45, 7) is 7.76. The van der Waals surface area contributed by atoms with Gasteiger partial charge in [0.05, 0.1) is 5.92 Å². The fourth-order valence-electron chi connectivity index (χ4n) is 3.77. The van der Waals surface area contributed by atoms with E-state index < -0.39 is 12.1 Å². The number of fused-ring (bicyclic) bond motifs is 2. The highest BCUT2D eigenvalue weighted by molar-refractivity contribution is 5.76. The highest BCUT2D eigenvalue weighted by Crippen LogP contribution is 2.38. The SMILES string of the molecule is CC(C)(C)N1CC2CCC(C1)N2C(=O)N1CC(C(F)(F)F)C1. The molecular weight excluding hydrogens is 295 g/mol. The Balaban J connectivity index is 1.62. The predicted molar refractivity (Wildman–Crippen MR) is 76.5 cm³/mol. The van der Waals surface area contributed by atoms with Gasteiger partial charge in [-0.05, 0) is 33.6 Å². The molecule has 22 heavy (non-hydrogen) atoms. The molecule has 3 aliphatic heterocycles. The van der Waals surface area contributed by atoms with Crippen molar-refractivity contribution in [3.63, 3.8) is 0 Å². The number of likely N-dealkylation sites (tertiary alicyclic amines) is 2. The van der Waals surface area contributed by atoms with E-state index in [0.717, 1.165) is 25.9 Å². The third kappa shape index (κ3) is 2.68. The zero-order valence-corrected chi connectivity index (χ0v) is 13.4. The minimum atomic E-state index is -4.18. The van der Waals surface area contributed by atoms with Crippen molar-refractivity contribution in [2.24, 2.45) is 5.92 Å². The van der Waals surface area contributed by atoms with Crippen LogP contribution in [0.25, 0.3) is 0 Å². The summed E-state index contributed by atoms with van der Waals surface area (Å²) in [5.41, 5.74) is 0.0636. The average Bonchev–Trinajstić information content (AvgIpc) is 2.54. The third-order valence-corrected chi connectivity index (χ3v) is 5.27. The van der Waals surface area contributed by atoms with E-state index in [0.29, 0.717) is 0 Å². The van der Waals surface area contributed by atoms with E-state index >= 15 is 0 Å². The maximum atomic E-state index is 12.6. The van der Waals surface area contributed by atoms with Gasteiger partial charge in [-0.1, -0.05) is 0 Å². The maximum absolute atomic E-state index is 12.6. The molecule has 4 nitrogen and oxygen atoms in total. The van der Waals surface area contributed by atoms with Crippen LogP contribution in [-0.2, 0) is 0 Å². The van der Waals surface area contributed by atoms with Gasteiger partial charge >= 0.3 is 12.2 Å². The Kier molecular flexibility index (Phi) is 3.62. The third-order valence-electron chi connectivity index (χ3n) is 5.27. The molecule has 3 fully saturated rings. The summed E-state index contributed by atoms with van der Waals surface area (Å²) >= 11 is 0. The number of alkyl halides is 3. The number of nitrogens with zero attached hydrogens (tertiary/aromatic N) is 3. The van der Waals surface area contributed by atoms with Gasteiger partial charge < -0.3 is 9.80 Å². The molecule has 2 atom stereocenters. The molecule has 3 aliphatic rings. The monoisotopic (exact) mass is 319 g/mol. The Bertz CT molecular complexity index is 440. The van der Waals surface area contributed by atoms with Crippen LogP contribution in [0.4, 0.5) is 18.0 Å². The van der Waals surface area contributed by atoms with E-state index in [4.69, 9.17) is 0 Å². The lowest BCUT2D eigenvalue weighted by Gasteiger charge is -2.50. The van der Waals surface area contributed by atoms with Crippen molar-refractivity contribution in [1.29, 1.82) is 0 Å². The minimum Gasteiger partial charge on any atom is -0.323 e. The Morgan fingerprint density at radius 3 is 1.86 bits per heavy atom. The summed E-state index contributed by atoms with van der Waals surface area (Å²) in [7, 11) is 0. The van der Waals surface area contributed by atoms with Crippen LogP contribution in [-0.4, -0.2) is 70.7 Å². The van der Waals surface area contributed by atoms with Crippen LogP contribution < -0.4 is 0 Å². The topological polar surface area (TPSA) is 26.8 Å². The van der Waals surface area contributed by atoms with E-state index in [-0.39, 0.29) is 36.7 Å². The lowest BCUT2D eigenvalue weighted by molar-refractivity contribution is -0.203. The second-order valence-electron chi connectivity index (χ2n) is 7.79. The van der Waals surface area contributed by atoms with Crippen LogP contribution in [0.1, 0.15) is 33.6 Å². The van der Waals surface area contributed by atoms with Crippen LogP contribution in [0.15, 0.2) is 0 Å². The normalized spacial score (nSPS) is 30.6. The number of hydrogen-bond donors (Lipinski definition) is 0. The zero-order valence-electron chi connectivity index (χ0n) is 13.4. The molecule has 2 bridgehead atoms. The molecule has 0 radical (unpaired) electrons. The number of carbonyl (C=O) groups excluding carboxylic acids is 1. The smallest absolute Gasteiger partial charge is 0.323 e. The van der Waals surface area contributed by atoms with Crippen molar-refractivity contribution in [3.8, 4) is 0 Å². The largest absolute Gasteiger partial charge is 0.395 e. The summed E-state index contributed by atoms with van der Waals surface area (Å²) < 4.78 is 37.7. The highest BCUT2D eigenvalue weighted by Gasteiger charge is 2.52. The van der Waals surface area contributed by atoms with E-state index in [1.165, 1.54) is 4.90 Å². The number of carbonyl (C=O) groups is 1. The van der Waals surface area contributed by atoms with Crippen LogP contribution in [0.3, 0.4) is 0 Å². The number of urea groups is 1. The van der Waals surface area contributed by atoms with Gasteiger partial charge in [-0.15, -0.1) is 0 Å². The number of hydrogen-bond acceptors (Lipinski definition) is 2. The quantitative estimate of drug-likeness (QED) is 0.686. The first-order chi connectivity index (χ1) is 10.1. The van der Waals surface area contributed by atoms with Gasteiger partial charge in [0.1, 0.15) is 0 Å². The zero-order chi connectivity index (χ0) is 16.3. The predicted octanol–water partition coefficient (Wildman–Crippen LogP) is 2.55. The summed E-state index contributed by atoms with van der Waals surface area (Å²) in [5.74, 6) is -1.34. The van der Waals surface area contributed by atoms with Crippen molar-refractivity contribution < 1.29 is 18.0 Å². The standard InChI is InChI=1S/C15H24F3N3O/c1-14(2,3)20-8-11-4-5-12(9-20)21(11)13(22)19-6-10(7-19)15(16,17)18/h10-12H,4-9H2,1-3H3. The van der Waals surface area contributed by atoms with Gasteiger partial charge in [-0.2, -0.15) is 13.2 Å². The summed E-state index contributed by atoms with van der Waals surface area (Å²) in [6, 6.07) is 0.104. The molecule has 126 valence electrons. The number of piperazine rings is 1. The molecule has 7 heteroatoms. The Hall–Kier alpha value is -0.980. The van der Waals surface area contributed by atoms with E-state index in [2.05, 4.69) is 25.7 Å².